The highest BCUT2D eigenvalue weighted by atomic mass is 19.1. The summed E-state index contributed by atoms with van der Waals surface area (Å²) in [4.78, 5) is 0. The fourth-order valence-corrected chi connectivity index (χ4v) is 0.934. The van der Waals surface area contributed by atoms with Crippen LogP contribution in [0.5, 0.6) is 0 Å². The fourth-order valence-electron chi connectivity index (χ4n) is 0.934. The van der Waals surface area contributed by atoms with Crippen LogP contribution in [0.25, 0.3) is 0 Å². The second-order valence-electron chi connectivity index (χ2n) is 2.40. The van der Waals surface area contributed by atoms with E-state index in [1.807, 2.05) is 0 Å². The maximum atomic E-state index is 12.9. The van der Waals surface area contributed by atoms with Crippen molar-refractivity contribution in [3.05, 3.63) is 35.1 Å². The molecule has 0 saturated heterocycles. The maximum Gasteiger partial charge on any atom is 0.141 e. The van der Waals surface area contributed by atoms with Crippen molar-refractivity contribution in [3.8, 4) is 6.07 Å². The minimum atomic E-state index is -0.525. The maximum absolute atomic E-state index is 12.9. The van der Waals surface area contributed by atoms with Crippen LogP contribution in [-0.2, 0) is 6.42 Å². The molecule has 12 heavy (non-hydrogen) atoms. The molecule has 0 aliphatic carbocycles. The third-order valence-corrected chi connectivity index (χ3v) is 1.55. The zero-order chi connectivity index (χ0) is 8.97. The second kappa shape index (κ2) is 3.84. The highest BCUT2D eigenvalue weighted by Crippen LogP contribution is 2.09. The first-order valence-corrected chi connectivity index (χ1v) is 3.57. The average molecular weight is 165 g/mol. The Hall–Kier alpha value is -1.40. The van der Waals surface area contributed by atoms with Crippen LogP contribution in [0.3, 0.4) is 0 Å². The Morgan fingerprint density at radius 2 is 2.25 bits per heavy atom. The number of rotatable bonds is 2. The first kappa shape index (κ1) is 8.69. The number of hydrogen-bond donors (Lipinski definition) is 1. The van der Waals surface area contributed by atoms with Gasteiger partial charge in [-0.1, -0.05) is 6.07 Å². The van der Waals surface area contributed by atoms with Crippen LogP contribution >= 0.6 is 0 Å². The van der Waals surface area contributed by atoms with E-state index in [2.05, 4.69) is 0 Å². The van der Waals surface area contributed by atoms with Crippen LogP contribution in [0.2, 0.25) is 0 Å². The summed E-state index contributed by atoms with van der Waals surface area (Å²) in [5.41, 5.74) is 0.741. The van der Waals surface area contributed by atoms with E-state index in [-0.39, 0.29) is 12.2 Å². The van der Waals surface area contributed by atoms with E-state index in [0.29, 0.717) is 12.0 Å². The van der Waals surface area contributed by atoms with Crippen LogP contribution in [0.1, 0.15) is 11.1 Å². The van der Waals surface area contributed by atoms with Crippen molar-refractivity contribution >= 4 is 0 Å². The molecule has 2 nitrogen and oxygen atoms in total. The van der Waals surface area contributed by atoms with Gasteiger partial charge in [0.15, 0.2) is 0 Å². The Morgan fingerprint density at radius 3 is 2.75 bits per heavy atom. The molecule has 62 valence electrons. The first-order chi connectivity index (χ1) is 5.77. The zero-order valence-corrected chi connectivity index (χ0v) is 6.42. The molecule has 1 aromatic carbocycles. The van der Waals surface area contributed by atoms with Crippen LogP contribution in [0.4, 0.5) is 4.39 Å². The highest BCUT2D eigenvalue weighted by Gasteiger charge is 2.01. The molecule has 0 spiro atoms. The summed E-state index contributed by atoms with van der Waals surface area (Å²) >= 11 is 0. The lowest BCUT2D eigenvalue weighted by molar-refractivity contribution is 0.299. The van der Waals surface area contributed by atoms with Gasteiger partial charge in [0, 0.05) is 6.61 Å². The number of aliphatic hydroxyl groups is 1. The van der Waals surface area contributed by atoms with E-state index in [9.17, 15) is 4.39 Å². The standard InChI is InChI=1S/C9H8FNO/c10-9-5-7(3-4-12)1-2-8(9)6-11/h1-2,5,12H,3-4H2. The van der Waals surface area contributed by atoms with Crippen LogP contribution in [-0.4, -0.2) is 11.7 Å². The monoisotopic (exact) mass is 165 g/mol. The Morgan fingerprint density at radius 1 is 1.50 bits per heavy atom. The predicted molar refractivity (Wildman–Crippen MR) is 41.9 cm³/mol. The zero-order valence-electron chi connectivity index (χ0n) is 6.42. The van der Waals surface area contributed by atoms with Crippen molar-refractivity contribution in [2.45, 2.75) is 6.42 Å². The summed E-state index contributed by atoms with van der Waals surface area (Å²) in [6.07, 6.45) is 0.419. The molecule has 1 aromatic rings. The summed E-state index contributed by atoms with van der Waals surface area (Å²) in [5, 5.41) is 16.9. The van der Waals surface area contributed by atoms with Gasteiger partial charge in [0.2, 0.25) is 0 Å². The van der Waals surface area contributed by atoms with Gasteiger partial charge in [0.1, 0.15) is 11.9 Å². The Bertz CT molecular complexity index is 317. The molecule has 0 aliphatic rings. The molecular formula is C9H8FNO. The van der Waals surface area contributed by atoms with E-state index in [1.165, 1.54) is 12.1 Å². The van der Waals surface area contributed by atoms with Gasteiger partial charge >= 0.3 is 0 Å². The lowest BCUT2D eigenvalue weighted by Gasteiger charge is -1.98. The van der Waals surface area contributed by atoms with Crippen molar-refractivity contribution in [1.82, 2.24) is 0 Å². The number of halogens is 1. The van der Waals surface area contributed by atoms with E-state index in [1.54, 1.807) is 12.1 Å². The SMILES string of the molecule is N#Cc1ccc(CCO)cc1F. The smallest absolute Gasteiger partial charge is 0.141 e. The Labute approximate surface area is 69.9 Å². The first-order valence-electron chi connectivity index (χ1n) is 3.57. The Kier molecular flexibility index (Phi) is 2.78. The lowest BCUT2D eigenvalue weighted by Crippen LogP contribution is -1.92. The number of hydrogen-bond acceptors (Lipinski definition) is 2. The minimum absolute atomic E-state index is 0.00859. The molecule has 0 heterocycles. The molecule has 0 aliphatic heterocycles. The summed E-state index contributed by atoms with van der Waals surface area (Å²) in [5.74, 6) is -0.525. The van der Waals surface area contributed by atoms with Crippen molar-refractivity contribution in [3.63, 3.8) is 0 Å². The quantitative estimate of drug-likeness (QED) is 0.716. The fraction of sp³-hybridized carbons (Fsp3) is 0.222. The highest BCUT2D eigenvalue weighted by molar-refractivity contribution is 5.33. The third-order valence-electron chi connectivity index (χ3n) is 1.55. The van der Waals surface area contributed by atoms with E-state index in [4.69, 9.17) is 10.4 Å². The largest absolute Gasteiger partial charge is 0.396 e. The normalized spacial score (nSPS) is 9.42. The summed E-state index contributed by atoms with van der Waals surface area (Å²) in [7, 11) is 0. The van der Waals surface area contributed by atoms with E-state index < -0.39 is 5.82 Å². The number of aliphatic hydroxyl groups excluding tert-OH is 1. The molecule has 0 bridgehead atoms. The van der Waals surface area contributed by atoms with E-state index >= 15 is 0 Å². The number of nitriles is 1. The van der Waals surface area contributed by atoms with Crippen molar-refractivity contribution in [1.29, 1.82) is 5.26 Å². The van der Waals surface area contributed by atoms with Crippen molar-refractivity contribution < 1.29 is 9.50 Å². The van der Waals surface area contributed by atoms with Crippen LogP contribution in [0, 0.1) is 17.1 Å². The molecule has 0 radical (unpaired) electrons. The molecule has 1 rings (SSSR count). The molecule has 0 saturated carbocycles. The topological polar surface area (TPSA) is 44.0 Å². The number of nitrogens with zero attached hydrogens (tertiary/aromatic N) is 1. The van der Waals surface area contributed by atoms with Crippen molar-refractivity contribution in [2.24, 2.45) is 0 Å². The molecule has 0 fully saturated rings. The molecule has 0 amide bonds. The molecule has 0 atom stereocenters. The molecule has 3 heteroatoms. The van der Waals surface area contributed by atoms with Gasteiger partial charge in [-0.3, -0.25) is 0 Å². The van der Waals surface area contributed by atoms with Crippen molar-refractivity contribution in [2.75, 3.05) is 6.61 Å². The summed E-state index contributed by atoms with van der Waals surface area (Å²) in [6.45, 7) is -0.00859. The summed E-state index contributed by atoms with van der Waals surface area (Å²) < 4.78 is 12.9. The predicted octanol–water partition coefficient (Wildman–Crippen LogP) is 1.23. The van der Waals surface area contributed by atoms with Gasteiger partial charge in [-0.05, 0) is 24.1 Å². The van der Waals surface area contributed by atoms with Gasteiger partial charge in [-0.2, -0.15) is 5.26 Å². The number of benzene rings is 1. The van der Waals surface area contributed by atoms with Gasteiger partial charge < -0.3 is 5.11 Å². The average Bonchev–Trinajstić information content (AvgIpc) is 2.05. The van der Waals surface area contributed by atoms with Gasteiger partial charge in [0.25, 0.3) is 0 Å². The summed E-state index contributed by atoms with van der Waals surface area (Å²) in [6, 6.07) is 6.05. The molecule has 0 aromatic heterocycles. The Balaban J connectivity index is 2.96. The van der Waals surface area contributed by atoms with Gasteiger partial charge in [0.05, 0.1) is 5.56 Å². The van der Waals surface area contributed by atoms with E-state index in [0.717, 1.165) is 0 Å². The minimum Gasteiger partial charge on any atom is -0.396 e. The van der Waals surface area contributed by atoms with Crippen LogP contribution < -0.4 is 0 Å². The molecule has 1 N–H and O–H groups in total. The van der Waals surface area contributed by atoms with Gasteiger partial charge in [-0.25, -0.2) is 4.39 Å². The van der Waals surface area contributed by atoms with Crippen LogP contribution in [0.15, 0.2) is 18.2 Å². The molecule has 0 unspecified atom stereocenters. The van der Waals surface area contributed by atoms with Gasteiger partial charge in [-0.15, -0.1) is 0 Å². The lowest BCUT2D eigenvalue weighted by atomic mass is 10.1. The third kappa shape index (κ3) is 1.80. The molecular weight excluding hydrogens is 157 g/mol. The second-order valence-corrected chi connectivity index (χ2v) is 2.40.